The number of hydrogen-bond acceptors (Lipinski definition) is 3. The average molecular weight is 370 g/mol. The van der Waals surface area contributed by atoms with E-state index in [2.05, 4.69) is 22.5 Å². The van der Waals surface area contributed by atoms with Gasteiger partial charge in [0.15, 0.2) is 5.96 Å². The zero-order valence-electron chi connectivity index (χ0n) is 15.6. The van der Waals surface area contributed by atoms with Crippen LogP contribution in [0.15, 0.2) is 23.2 Å². The van der Waals surface area contributed by atoms with Crippen molar-refractivity contribution in [3.05, 3.63) is 35.1 Å². The lowest BCUT2D eigenvalue weighted by molar-refractivity contribution is 0.251. The molecule has 3 N–H and O–H groups in total. The van der Waals surface area contributed by atoms with Crippen molar-refractivity contribution in [3.8, 4) is 0 Å². The average Bonchev–Trinajstić information content (AvgIpc) is 2.59. The molecule has 1 aromatic rings. The Kier molecular flexibility index (Phi) is 11.3. The first-order valence-electron chi connectivity index (χ1n) is 9.03. The van der Waals surface area contributed by atoms with E-state index in [0.29, 0.717) is 12.5 Å². The first kappa shape index (κ1) is 21.8. The van der Waals surface area contributed by atoms with Crippen molar-refractivity contribution in [1.82, 2.24) is 10.6 Å². The number of guanidine groups is 1. The molecule has 142 valence electrons. The van der Waals surface area contributed by atoms with Crippen LogP contribution in [-0.2, 0) is 12.3 Å². The highest BCUT2D eigenvalue weighted by molar-refractivity contribution is 7.97. The Morgan fingerprint density at radius 3 is 2.68 bits per heavy atom. The molecule has 0 aliphatic heterocycles. The number of aliphatic hydroxyl groups excluding tert-OH is 1. The number of nitrogens with zero attached hydrogens (tertiary/aromatic N) is 1. The molecule has 0 spiro atoms. The molecule has 1 atom stereocenters. The quantitative estimate of drug-likeness (QED) is 0.412. The molecule has 0 amide bonds. The molecule has 0 aliphatic carbocycles. The maximum absolute atomic E-state index is 13.5. The third kappa shape index (κ3) is 8.59. The summed E-state index contributed by atoms with van der Waals surface area (Å²) in [4.78, 5) is 4.65. The molecule has 1 aromatic carbocycles. The van der Waals surface area contributed by atoms with Gasteiger partial charge in [0.1, 0.15) is 5.82 Å². The van der Waals surface area contributed by atoms with Gasteiger partial charge in [-0.3, -0.25) is 0 Å². The molecule has 4 nitrogen and oxygen atoms in total. The molecule has 0 saturated carbocycles. The molecule has 0 aliphatic rings. The van der Waals surface area contributed by atoms with E-state index in [1.807, 2.05) is 19.2 Å². The monoisotopic (exact) mass is 369 g/mol. The van der Waals surface area contributed by atoms with Gasteiger partial charge < -0.3 is 15.7 Å². The topological polar surface area (TPSA) is 56.6 Å². The Hall–Kier alpha value is -1.27. The number of rotatable bonds is 11. The highest BCUT2D eigenvalue weighted by atomic mass is 32.2. The standard InChI is InChI=1S/C19H32FN3OS/c1-4-6-15(9-10-24)12-22-19(21-5-2)23-13-16-7-8-18(20)11-17(16)14-25-3/h7-8,11,15,24H,4-6,9-10,12-14H2,1-3H3,(H2,21,22,23). The number of thioether (sulfide) groups is 1. The van der Waals surface area contributed by atoms with Crippen LogP contribution in [0, 0.1) is 11.7 Å². The smallest absolute Gasteiger partial charge is 0.191 e. The fourth-order valence-corrected chi connectivity index (χ4v) is 3.30. The van der Waals surface area contributed by atoms with Gasteiger partial charge in [-0.2, -0.15) is 11.8 Å². The fraction of sp³-hybridized carbons (Fsp3) is 0.632. The van der Waals surface area contributed by atoms with Gasteiger partial charge >= 0.3 is 0 Å². The third-order valence-electron chi connectivity index (χ3n) is 4.01. The summed E-state index contributed by atoms with van der Waals surface area (Å²) < 4.78 is 13.5. The second kappa shape index (κ2) is 13.0. The number of aliphatic imine (C=N–C) groups is 1. The molecule has 0 bridgehead atoms. The van der Waals surface area contributed by atoms with Gasteiger partial charge in [-0.25, -0.2) is 9.38 Å². The van der Waals surface area contributed by atoms with E-state index in [9.17, 15) is 9.50 Å². The van der Waals surface area contributed by atoms with E-state index in [-0.39, 0.29) is 12.4 Å². The molecule has 0 heterocycles. The van der Waals surface area contributed by atoms with Crippen molar-refractivity contribution < 1.29 is 9.50 Å². The van der Waals surface area contributed by atoms with Gasteiger partial charge in [-0.1, -0.05) is 19.4 Å². The predicted molar refractivity (Wildman–Crippen MR) is 107 cm³/mol. The fourth-order valence-electron chi connectivity index (χ4n) is 2.72. The first-order chi connectivity index (χ1) is 12.1. The highest BCUT2D eigenvalue weighted by Gasteiger charge is 2.09. The van der Waals surface area contributed by atoms with Gasteiger partial charge in [-0.05, 0) is 55.2 Å². The van der Waals surface area contributed by atoms with Crippen LogP contribution in [0.3, 0.4) is 0 Å². The molecule has 0 aromatic heterocycles. The van der Waals surface area contributed by atoms with Crippen LogP contribution < -0.4 is 10.6 Å². The van der Waals surface area contributed by atoms with E-state index in [4.69, 9.17) is 0 Å². The zero-order chi connectivity index (χ0) is 18.5. The minimum absolute atomic E-state index is 0.201. The number of hydrogen-bond donors (Lipinski definition) is 3. The number of aliphatic hydroxyl groups is 1. The second-order valence-electron chi connectivity index (χ2n) is 6.09. The maximum atomic E-state index is 13.5. The van der Waals surface area contributed by atoms with Crippen LogP contribution in [0.4, 0.5) is 4.39 Å². The molecule has 6 heteroatoms. The summed E-state index contributed by atoms with van der Waals surface area (Å²) in [5, 5.41) is 15.8. The van der Waals surface area contributed by atoms with E-state index in [1.165, 1.54) is 6.07 Å². The van der Waals surface area contributed by atoms with E-state index in [1.54, 1.807) is 17.8 Å². The summed E-state index contributed by atoms with van der Waals surface area (Å²) in [7, 11) is 0. The zero-order valence-corrected chi connectivity index (χ0v) is 16.5. The predicted octanol–water partition coefficient (Wildman–Crippen LogP) is 3.54. The summed E-state index contributed by atoms with van der Waals surface area (Å²) in [5.41, 5.74) is 2.05. The molecular weight excluding hydrogens is 337 g/mol. The van der Waals surface area contributed by atoms with Crippen LogP contribution in [0.1, 0.15) is 44.2 Å². The summed E-state index contributed by atoms with van der Waals surface area (Å²) in [5.74, 6) is 1.78. The SMILES string of the molecule is CCCC(CCO)CNC(=NCc1ccc(F)cc1CSC)NCC. The van der Waals surface area contributed by atoms with Crippen molar-refractivity contribution in [2.75, 3.05) is 26.0 Å². The summed E-state index contributed by atoms with van der Waals surface area (Å²) in [6, 6.07) is 4.91. The normalized spacial score (nSPS) is 12.9. The second-order valence-corrected chi connectivity index (χ2v) is 6.96. The molecule has 0 radical (unpaired) electrons. The van der Waals surface area contributed by atoms with Crippen LogP contribution in [0.25, 0.3) is 0 Å². The highest BCUT2D eigenvalue weighted by Crippen LogP contribution is 2.17. The lowest BCUT2D eigenvalue weighted by Crippen LogP contribution is -2.40. The lowest BCUT2D eigenvalue weighted by atomic mass is 10.0. The summed E-state index contributed by atoms with van der Waals surface area (Å²) >= 11 is 1.68. The molecule has 25 heavy (non-hydrogen) atoms. The Bertz CT molecular complexity index is 519. The Labute approximate surface area is 155 Å². The molecule has 0 fully saturated rings. The first-order valence-corrected chi connectivity index (χ1v) is 10.4. The molecule has 0 saturated heterocycles. The minimum Gasteiger partial charge on any atom is -0.396 e. The largest absolute Gasteiger partial charge is 0.396 e. The molecular formula is C19H32FN3OS. The van der Waals surface area contributed by atoms with Crippen molar-refractivity contribution >= 4 is 17.7 Å². The number of benzene rings is 1. The minimum atomic E-state index is -0.201. The van der Waals surface area contributed by atoms with Gasteiger partial charge in [0.25, 0.3) is 0 Å². The number of nitrogens with one attached hydrogen (secondary N) is 2. The summed E-state index contributed by atoms with van der Waals surface area (Å²) in [6.07, 6.45) is 5.01. The molecule has 1 rings (SSSR count). The van der Waals surface area contributed by atoms with Crippen molar-refractivity contribution in [1.29, 1.82) is 0 Å². The third-order valence-corrected chi connectivity index (χ3v) is 4.61. The van der Waals surface area contributed by atoms with Gasteiger partial charge in [-0.15, -0.1) is 0 Å². The summed E-state index contributed by atoms with van der Waals surface area (Å²) in [6.45, 7) is 6.50. The Balaban J connectivity index is 2.74. The van der Waals surface area contributed by atoms with Crippen LogP contribution in [-0.4, -0.2) is 37.0 Å². The molecule has 1 unspecified atom stereocenters. The van der Waals surface area contributed by atoms with Crippen LogP contribution >= 0.6 is 11.8 Å². The van der Waals surface area contributed by atoms with Crippen molar-refractivity contribution in [3.63, 3.8) is 0 Å². The Morgan fingerprint density at radius 2 is 2.04 bits per heavy atom. The van der Waals surface area contributed by atoms with E-state index >= 15 is 0 Å². The van der Waals surface area contributed by atoms with Gasteiger partial charge in [0.2, 0.25) is 0 Å². The lowest BCUT2D eigenvalue weighted by Gasteiger charge is -2.18. The van der Waals surface area contributed by atoms with Crippen molar-refractivity contribution in [2.45, 2.75) is 45.4 Å². The van der Waals surface area contributed by atoms with Crippen LogP contribution in [0.5, 0.6) is 0 Å². The Morgan fingerprint density at radius 1 is 1.24 bits per heavy atom. The van der Waals surface area contributed by atoms with E-state index in [0.717, 1.165) is 55.2 Å². The van der Waals surface area contributed by atoms with E-state index < -0.39 is 0 Å². The van der Waals surface area contributed by atoms with Gasteiger partial charge in [0.05, 0.1) is 6.54 Å². The van der Waals surface area contributed by atoms with Crippen molar-refractivity contribution in [2.24, 2.45) is 10.9 Å². The van der Waals surface area contributed by atoms with Crippen LogP contribution in [0.2, 0.25) is 0 Å². The number of halogens is 1. The maximum Gasteiger partial charge on any atom is 0.191 e. The van der Waals surface area contributed by atoms with Gasteiger partial charge in [0, 0.05) is 25.4 Å².